The molecule has 1 aromatic rings. The molecule has 0 atom stereocenters. The van der Waals surface area contributed by atoms with E-state index in [1.807, 2.05) is 19.1 Å². The van der Waals surface area contributed by atoms with Crippen LogP contribution in [-0.4, -0.2) is 20.6 Å². The molecule has 0 spiro atoms. The summed E-state index contributed by atoms with van der Waals surface area (Å²) in [7, 11) is -3.36. The van der Waals surface area contributed by atoms with Crippen molar-refractivity contribution in [1.29, 1.82) is 0 Å². The lowest BCUT2D eigenvalue weighted by atomic mass is 10.2. The van der Waals surface area contributed by atoms with E-state index >= 15 is 0 Å². The number of alkyl halides is 1. The van der Waals surface area contributed by atoms with Crippen LogP contribution in [0.15, 0.2) is 39.5 Å². The van der Waals surface area contributed by atoms with E-state index in [-0.39, 0.29) is 0 Å². The van der Waals surface area contributed by atoms with Crippen LogP contribution < -0.4 is 0 Å². The minimum absolute atomic E-state index is 0.357. The van der Waals surface area contributed by atoms with Crippen LogP contribution in [0.5, 0.6) is 0 Å². The molecule has 0 aliphatic heterocycles. The van der Waals surface area contributed by atoms with E-state index in [9.17, 15) is 8.42 Å². The minimum atomic E-state index is -3.36. The number of thioether (sulfide) groups is 1. The van der Waals surface area contributed by atoms with E-state index in [2.05, 4.69) is 0 Å². The molecule has 1 rings (SSSR count). The van der Waals surface area contributed by atoms with Crippen molar-refractivity contribution in [1.82, 2.24) is 0 Å². The van der Waals surface area contributed by atoms with Gasteiger partial charge in [0, 0.05) is 5.88 Å². The summed E-state index contributed by atoms with van der Waals surface area (Å²) in [6, 6.07) is 6.96. The van der Waals surface area contributed by atoms with Crippen LogP contribution in [0.2, 0.25) is 0 Å². The standard InChI is InChI=1S/C14H19ClO2S2/c1-12-7-9-13(10-8-12)19(16,17)14(18-2)6-4-3-5-11-15/h6-10H,3-5,11H2,1-2H3/b14-6+. The summed E-state index contributed by atoms with van der Waals surface area (Å²) in [6.07, 6.45) is 6.15. The Morgan fingerprint density at radius 2 is 1.89 bits per heavy atom. The fraction of sp³-hybridized carbons (Fsp3) is 0.429. The number of sulfone groups is 1. The lowest BCUT2D eigenvalue weighted by molar-refractivity contribution is 0.603. The topological polar surface area (TPSA) is 34.1 Å². The average molecular weight is 319 g/mol. The maximum Gasteiger partial charge on any atom is 0.212 e. The summed E-state index contributed by atoms with van der Waals surface area (Å²) in [5.74, 6) is 0.618. The molecular weight excluding hydrogens is 300 g/mol. The van der Waals surface area contributed by atoms with Gasteiger partial charge in [-0.3, -0.25) is 0 Å². The Morgan fingerprint density at radius 3 is 2.42 bits per heavy atom. The SMILES string of the molecule is CS/C(=C\CCCCCl)S(=O)(=O)c1ccc(C)cc1. The number of hydrogen-bond acceptors (Lipinski definition) is 3. The van der Waals surface area contributed by atoms with Gasteiger partial charge in [-0.2, -0.15) is 0 Å². The highest BCUT2D eigenvalue weighted by molar-refractivity contribution is 8.18. The van der Waals surface area contributed by atoms with Crippen LogP contribution in [-0.2, 0) is 9.84 Å². The summed E-state index contributed by atoms with van der Waals surface area (Å²) in [6.45, 7) is 1.94. The third-order valence-corrected chi connectivity index (χ3v) is 6.28. The van der Waals surface area contributed by atoms with Crippen molar-refractivity contribution in [3.8, 4) is 0 Å². The fourth-order valence-corrected chi connectivity index (χ4v) is 4.30. The largest absolute Gasteiger partial charge is 0.218 e. The van der Waals surface area contributed by atoms with E-state index < -0.39 is 9.84 Å². The third-order valence-electron chi connectivity index (χ3n) is 2.70. The molecule has 0 N–H and O–H groups in total. The van der Waals surface area contributed by atoms with Crippen molar-refractivity contribution in [2.24, 2.45) is 0 Å². The van der Waals surface area contributed by atoms with E-state index in [0.717, 1.165) is 24.8 Å². The molecule has 2 nitrogen and oxygen atoms in total. The number of hydrogen-bond donors (Lipinski definition) is 0. The normalized spacial score (nSPS) is 12.7. The van der Waals surface area contributed by atoms with Crippen molar-refractivity contribution in [3.63, 3.8) is 0 Å². The van der Waals surface area contributed by atoms with Gasteiger partial charge in [0.1, 0.15) is 4.24 Å². The number of rotatable bonds is 7. The molecule has 0 bridgehead atoms. The van der Waals surface area contributed by atoms with Crippen LogP contribution in [0.3, 0.4) is 0 Å². The molecule has 0 amide bonds. The zero-order valence-electron chi connectivity index (χ0n) is 11.2. The zero-order chi connectivity index (χ0) is 14.3. The Morgan fingerprint density at radius 1 is 1.26 bits per heavy atom. The second-order valence-electron chi connectivity index (χ2n) is 4.23. The van der Waals surface area contributed by atoms with Gasteiger partial charge in [-0.1, -0.05) is 23.8 Å². The Balaban J connectivity index is 2.92. The smallest absolute Gasteiger partial charge is 0.212 e. The van der Waals surface area contributed by atoms with Crippen LogP contribution >= 0.6 is 23.4 Å². The molecule has 0 saturated heterocycles. The van der Waals surface area contributed by atoms with E-state index in [4.69, 9.17) is 11.6 Å². The summed E-state index contributed by atoms with van der Waals surface area (Å²) in [5, 5.41) is 0. The van der Waals surface area contributed by atoms with Gasteiger partial charge in [-0.15, -0.1) is 23.4 Å². The predicted molar refractivity (Wildman–Crippen MR) is 84.5 cm³/mol. The lowest BCUT2D eigenvalue weighted by Crippen LogP contribution is -2.02. The molecule has 0 saturated carbocycles. The molecule has 0 fully saturated rings. The minimum Gasteiger partial charge on any atom is -0.218 e. The summed E-state index contributed by atoms with van der Waals surface area (Å²) in [4.78, 5) is 0.357. The summed E-state index contributed by atoms with van der Waals surface area (Å²) >= 11 is 6.88. The van der Waals surface area contributed by atoms with E-state index in [1.165, 1.54) is 11.8 Å². The maximum absolute atomic E-state index is 12.4. The first-order valence-electron chi connectivity index (χ1n) is 6.14. The first-order valence-corrected chi connectivity index (χ1v) is 9.38. The highest BCUT2D eigenvalue weighted by Crippen LogP contribution is 2.27. The highest BCUT2D eigenvalue weighted by atomic mass is 35.5. The summed E-state index contributed by atoms with van der Waals surface area (Å²) in [5.41, 5.74) is 1.05. The molecule has 0 radical (unpaired) electrons. The number of benzene rings is 1. The van der Waals surface area contributed by atoms with Gasteiger partial charge in [0.2, 0.25) is 9.84 Å². The second kappa shape index (κ2) is 7.98. The number of allylic oxidation sites excluding steroid dienone is 1. The van der Waals surface area contributed by atoms with E-state index in [0.29, 0.717) is 15.0 Å². The number of halogens is 1. The van der Waals surface area contributed by atoms with Gasteiger partial charge in [0.05, 0.1) is 4.90 Å². The molecule has 0 heterocycles. The summed E-state index contributed by atoms with van der Waals surface area (Å²) < 4.78 is 25.3. The Labute approximate surface area is 125 Å². The van der Waals surface area contributed by atoms with Crippen molar-refractivity contribution in [3.05, 3.63) is 40.1 Å². The van der Waals surface area contributed by atoms with Crippen LogP contribution in [0, 0.1) is 6.92 Å². The van der Waals surface area contributed by atoms with Gasteiger partial charge in [-0.25, -0.2) is 8.42 Å². The molecule has 106 valence electrons. The molecule has 0 unspecified atom stereocenters. The van der Waals surface area contributed by atoms with Crippen molar-refractivity contribution in [2.45, 2.75) is 31.1 Å². The van der Waals surface area contributed by atoms with E-state index in [1.54, 1.807) is 24.5 Å². The molecule has 5 heteroatoms. The first kappa shape index (κ1) is 16.6. The first-order chi connectivity index (χ1) is 9.02. The van der Waals surface area contributed by atoms with Crippen LogP contribution in [0.25, 0.3) is 0 Å². The van der Waals surface area contributed by atoms with Crippen LogP contribution in [0.1, 0.15) is 24.8 Å². The van der Waals surface area contributed by atoms with Crippen LogP contribution in [0.4, 0.5) is 0 Å². The molecule has 0 aliphatic rings. The third kappa shape index (κ3) is 4.86. The molecule has 0 aliphatic carbocycles. The van der Waals surface area contributed by atoms with Crippen molar-refractivity contribution >= 4 is 33.2 Å². The predicted octanol–water partition coefficient (Wildman–Crippen LogP) is 4.38. The molecule has 0 aromatic heterocycles. The maximum atomic E-state index is 12.4. The average Bonchev–Trinajstić information content (AvgIpc) is 2.39. The lowest BCUT2D eigenvalue weighted by Gasteiger charge is -2.07. The Bertz CT molecular complexity index is 519. The highest BCUT2D eigenvalue weighted by Gasteiger charge is 2.19. The van der Waals surface area contributed by atoms with Gasteiger partial charge >= 0.3 is 0 Å². The molecular formula is C14H19ClO2S2. The monoisotopic (exact) mass is 318 g/mol. The number of aryl methyl sites for hydroxylation is 1. The molecule has 19 heavy (non-hydrogen) atoms. The van der Waals surface area contributed by atoms with Crippen molar-refractivity contribution < 1.29 is 8.42 Å². The quantitative estimate of drug-likeness (QED) is 0.552. The fourth-order valence-electron chi connectivity index (χ4n) is 1.60. The van der Waals surface area contributed by atoms with Gasteiger partial charge in [-0.05, 0) is 44.6 Å². The molecule has 1 aromatic carbocycles. The van der Waals surface area contributed by atoms with Gasteiger partial charge < -0.3 is 0 Å². The zero-order valence-corrected chi connectivity index (χ0v) is 13.6. The number of unbranched alkanes of at least 4 members (excludes halogenated alkanes) is 2. The Hall–Kier alpha value is -0.450. The Kier molecular flexibility index (Phi) is 6.97. The van der Waals surface area contributed by atoms with Gasteiger partial charge in [0.15, 0.2) is 0 Å². The van der Waals surface area contributed by atoms with Crippen molar-refractivity contribution in [2.75, 3.05) is 12.1 Å². The van der Waals surface area contributed by atoms with Gasteiger partial charge in [0.25, 0.3) is 0 Å². The second-order valence-corrected chi connectivity index (χ2v) is 7.63.